The van der Waals surface area contributed by atoms with Gasteiger partial charge in [0.15, 0.2) is 0 Å². The summed E-state index contributed by atoms with van der Waals surface area (Å²) < 4.78 is 24.2. The van der Waals surface area contributed by atoms with Crippen molar-refractivity contribution in [3.8, 4) is 0 Å². The van der Waals surface area contributed by atoms with Gasteiger partial charge < -0.3 is 4.74 Å². The highest BCUT2D eigenvalue weighted by molar-refractivity contribution is 7.94. The lowest BCUT2D eigenvalue weighted by atomic mass is 9.96. The first-order valence-corrected chi connectivity index (χ1v) is 7.58. The largest absolute Gasteiger partial charge is 0.457 e. The number of cyclic esters (lactones) is 1. The van der Waals surface area contributed by atoms with Gasteiger partial charge in [0.1, 0.15) is 12.4 Å². The van der Waals surface area contributed by atoms with Crippen molar-refractivity contribution in [2.24, 2.45) is 0 Å². The number of hydrogen-bond donors (Lipinski definition) is 0. The molecule has 1 heterocycles. The van der Waals surface area contributed by atoms with Crippen LogP contribution in [0, 0.1) is 5.82 Å². The third-order valence-electron chi connectivity index (χ3n) is 3.38. The second-order valence-electron chi connectivity index (χ2n) is 4.76. The average molecular weight is 332 g/mol. The number of halogens is 1. The third-order valence-corrected chi connectivity index (χ3v) is 4.03. The number of esters is 1. The van der Waals surface area contributed by atoms with E-state index in [9.17, 15) is 9.18 Å². The second-order valence-corrected chi connectivity index (χ2v) is 5.53. The van der Waals surface area contributed by atoms with Gasteiger partial charge in [0.05, 0.1) is 24.7 Å². The highest BCUT2D eigenvalue weighted by Crippen LogP contribution is 2.35. The lowest BCUT2D eigenvalue weighted by molar-refractivity contribution is -0.160. The molecule has 0 saturated heterocycles. The van der Waals surface area contributed by atoms with Crippen molar-refractivity contribution in [1.29, 1.82) is 0 Å². The Labute approximate surface area is 137 Å². The maximum absolute atomic E-state index is 14.4. The SMILES string of the molecule is COOSc1ccc(C2=C(c3ccccc3)C(=O)OC2)c(F)c1. The van der Waals surface area contributed by atoms with Crippen LogP contribution in [0.4, 0.5) is 4.39 Å². The Morgan fingerprint density at radius 2 is 1.96 bits per heavy atom. The minimum absolute atomic E-state index is 0.0566. The molecule has 1 aliphatic rings. The summed E-state index contributed by atoms with van der Waals surface area (Å²) in [4.78, 5) is 17.1. The number of ether oxygens (including phenoxy) is 1. The van der Waals surface area contributed by atoms with Crippen LogP contribution in [0.3, 0.4) is 0 Å². The van der Waals surface area contributed by atoms with E-state index in [1.54, 1.807) is 24.3 Å². The minimum Gasteiger partial charge on any atom is -0.457 e. The van der Waals surface area contributed by atoms with Gasteiger partial charge in [-0.15, -0.1) is 0 Å². The van der Waals surface area contributed by atoms with Gasteiger partial charge in [0.2, 0.25) is 0 Å². The maximum Gasteiger partial charge on any atom is 0.339 e. The van der Waals surface area contributed by atoms with Crippen LogP contribution in [-0.4, -0.2) is 19.7 Å². The lowest BCUT2D eigenvalue weighted by Gasteiger charge is -2.07. The predicted molar refractivity (Wildman–Crippen MR) is 84.6 cm³/mol. The van der Waals surface area contributed by atoms with Crippen LogP contribution in [-0.2, 0) is 18.8 Å². The minimum atomic E-state index is -0.448. The molecule has 0 amide bonds. The number of rotatable bonds is 5. The smallest absolute Gasteiger partial charge is 0.339 e. The lowest BCUT2D eigenvalue weighted by Crippen LogP contribution is -1.98. The monoisotopic (exact) mass is 332 g/mol. The van der Waals surface area contributed by atoms with Gasteiger partial charge >= 0.3 is 5.97 Å². The van der Waals surface area contributed by atoms with Crippen LogP contribution in [0.25, 0.3) is 11.1 Å². The normalized spacial score (nSPS) is 14.3. The Bertz CT molecular complexity index is 758. The third kappa shape index (κ3) is 3.29. The van der Waals surface area contributed by atoms with Crippen LogP contribution >= 0.6 is 12.0 Å². The summed E-state index contributed by atoms with van der Waals surface area (Å²) in [6.45, 7) is 0.0566. The Balaban J connectivity index is 2.02. The molecule has 0 unspecified atom stereocenters. The number of carbonyl (C=O) groups is 1. The topological polar surface area (TPSA) is 44.8 Å². The maximum atomic E-state index is 14.4. The molecule has 0 fully saturated rings. The standard InChI is InChI=1S/C17H13FO4S/c1-20-22-23-12-7-8-13(15(18)9-12)14-10-21-17(19)16(14)11-5-3-2-4-6-11/h2-9H,10H2,1H3. The van der Waals surface area contributed by atoms with Crippen molar-refractivity contribution in [2.75, 3.05) is 13.7 Å². The molecule has 0 N–H and O–H groups in total. The molecule has 0 aromatic heterocycles. The number of hydrogen-bond acceptors (Lipinski definition) is 5. The average Bonchev–Trinajstić information content (AvgIpc) is 2.95. The molecule has 0 spiro atoms. The van der Waals surface area contributed by atoms with Gasteiger partial charge in [-0.1, -0.05) is 36.4 Å². The highest BCUT2D eigenvalue weighted by atomic mass is 32.2. The van der Waals surface area contributed by atoms with Crippen molar-refractivity contribution in [3.05, 3.63) is 65.5 Å². The van der Waals surface area contributed by atoms with Crippen LogP contribution in [0.5, 0.6) is 0 Å². The molecule has 4 nitrogen and oxygen atoms in total. The van der Waals surface area contributed by atoms with E-state index in [1.165, 1.54) is 13.2 Å². The van der Waals surface area contributed by atoms with E-state index in [4.69, 9.17) is 9.07 Å². The van der Waals surface area contributed by atoms with E-state index in [0.29, 0.717) is 27.2 Å². The van der Waals surface area contributed by atoms with Gasteiger partial charge in [-0.2, -0.15) is 4.33 Å². The number of carbonyl (C=O) groups excluding carboxylic acids is 1. The van der Waals surface area contributed by atoms with E-state index >= 15 is 0 Å². The van der Waals surface area contributed by atoms with Crippen molar-refractivity contribution in [1.82, 2.24) is 0 Å². The van der Waals surface area contributed by atoms with Crippen LogP contribution in [0.15, 0.2) is 53.4 Å². The summed E-state index contributed by atoms with van der Waals surface area (Å²) in [5.74, 6) is -0.886. The summed E-state index contributed by atoms with van der Waals surface area (Å²) in [7, 11) is 1.37. The van der Waals surface area contributed by atoms with E-state index in [1.807, 2.05) is 18.2 Å². The molecular weight excluding hydrogens is 319 g/mol. The molecule has 0 atom stereocenters. The molecule has 0 saturated carbocycles. The molecule has 0 bridgehead atoms. The fraction of sp³-hybridized carbons (Fsp3) is 0.118. The fourth-order valence-electron chi connectivity index (χ4n) is 2.38. The Hall–Kier alpha value is -2.15. The quantitative estimate of drug-likeness (QED) is 0.360. The van der Waals surface area contributed by atoms with E-state index in [-0.39, 0.29) is 6.61 Å². The molecule has 0 radical (unpaired) electrons. The first-order chi connectivity index (χ1) is 11.2. The summed E-state index contributed by atoms with van der Waals surface area (Å²) in [6, 6.07) is 13.7. The van der Waals surface area contributed by atoms with E-state index in [2.05, 4.69) is 4.89 Å². The van der Waals surface area contributed by atoms with Crippen molar-refractivity contribution < 1.29 is 23.1 Å². The molecule has 118 valence electrons. The first kappa shape index (κ1) is 15.7. The van der Waals surface area contributed by atoms with E-state index in [0.717, 1.165) is 12.0 Å². The zero-order valence-corrected chi connectivity index (χ0v) is 13.1. The molecule has 1 aliphatic heterocycles. The van der Waals surface area contributed by atoms with Crippen LogP contribution in [0.1, 0.15) is 11.1 Å². The number of benzene rings is 2. The second kappa shape index (κ2) is 6.95. The first-order valence-electron chi connectivity index (χ1n) is 6.83. The van der Waals surface area contributed by atoms with Gasteiger partial charge in [-0.3, -0.25) is 0 Å². The summed E-state index contributed by atoms with van der Waals surface area (Å²) >= 11 is 0.907. The van der Waals surface area contributed by atoms with Gasteiger partial charge in [0.25, 0.3) is 0 Å². The van der Waals surface area contributed by atoms with Gasteiger partial charge in [0, 0.05) is 16.0 Å². The zero-order chi connectivity index (χ0) is 16.2. The summed E-state index contributed by atoms with van der Waals surface area (Å²) in [6.07, 6.45) is 0. The zero-order valence-electron chi connectivity index (χ0n) is 12.2. The molecule has 6 heteroatoms. The van der Waals surface area contributed by atoms with Crippen molar-refractivity contribution in [3.63, 3.8) is 0 Å². The summed E-state index contributed by atoms with van der Waals surface area (Å²) in [5, 5.41) is 0. The molecule has 2 aromatic carbocycles. The van der Waals surface area contributed by atoms with Gasteiger partial charge in [-0.25, -0.2) is 14.1 Å². The Morgan fingerprint density at radius 1 is 1.17 bits per heavy atom. The molecule has 0 aliphatic carbocycles. The molecule has 3 rings (SSSR count). The Kier molecular flexibility index (Phi) is 4.76. The Morgan fingerprint density at radius 3 is 2.65 bits per heavy atom. The van der Waals surface area contributed by atoms with Gasteiger partial charge in [-0.05, 0) is 17.7 Å². The molecule has 23 heavy (non-hydrogen) atoms. The predicted octanol–water partition coefficient (Wildman–Crippen LogP) is 3.88. The van der Waals surface area contributed by atoms with Crippen LogP contribution in [0.2, 0.25) is 0 Å². The van der Waals surface area contributed by atoms with Crippen LogP contribution < -0.4 is 0 Å². The summed E-state index contributed by atoms with van der Waals surface area (Å²) in [5.41, 5.74) is 2.00. The van der Waals surface area contributed by atoms with E-state index < -0.39 is 11.8 Å². The molecular formula is C17H13FO4S. The highest BCUT2D eigenvalue weighted by Gasteiger charge is 2.28. The fourth-order valence-corrected chi connectivity index (χ4v) is 2.80. The van der Waals surface area contributed by atoms with Crippen molar-refractivity contribution in [2.45, 2.75) is 4.90 Å². The molecule has 2 aromatic rings. The van der Waals surface area contributed by atoms with Crippen molar-refractivity contribution >= 4 is 29.2 Å².